The van der Waals surface area contributed by atoms with Gasteiger partial charge >= 0.3 is 17.9 Å². The molecular weight excluding hydrogens is 468 g/mol. The second-order valence-corrected chi connectivity index (χ2v) is 7.39. The van der Waals surface area contributed by atoms with Crippen LogP contribution in [0.25, 0.3) is 0 Å². The minimum Gasteiger partial charge on any atom is -0.478 e. The number of carboxylic acid groups (broad SMARTS) is 1. The summed E-state index contributed by atoms with van der Waals surface area (Å²) in [6, 6.07) is 11.6. The van der Waals surface area contributed by atoms with E-state index in [4.69, 9.17) is 14.6 Å². The number of aromatic carboxylic acids is 1. The van der Waals surface area contributed by atoms with E-state index in [-0.39, 0.29) is 22.4 Å². The van der Waals surface area contributed by atoms with E-state index in [1.165, 1.54) is 61.6 Å². The molecule has 0 aromatic heterocycles. The Morgan fingerprint density at radius 3 is 2.03 bits per heavy atom. The molecule has 1 aliphatic heterocycles. The molecule has 2 N–H and O–H groups in total. The normalized spacial score (nSPS) is 12.6. The first kappa shape index (κ1) is 25.6. The SMILES string of the molecule is COC(=O)C1=C(C(=O)OC)N(c2ccc(C(=O)CC(=O)Nc3ccc(C(=O)O)cc3)cc2)C=CC=C1. The lowest BCUT2D eigenvalue weighted by Crippen LogP contribution is -2.27. The number of methoxy groups -OCH3 is 2. The molecule has 0 unspecified atom stereocenters. The van der Waals surface area contributed by atoms with Crippen molar-refractivity contribution in [3.63, 3.8) is 0 Å². The summed E-state index contributed by atoms with van der Waals surface area (Å²) in [5.41, 5.74) is 1.06. The van der Waals surface area contributed by atoms with Crippen LogP contribution >= 0.6 is 0 Å². The molecule has 1 amide bonds. The molecule has 0 aliphatic carbocycles. The first-order valence-corrected chi connectivity index (χ1v) is 10.6. The highest BCUT2D eigenvalue weighted by molar-refractivity contribution is 6.11. The van der Waals surface area contributed by atoms with Crippen molar-refractivity contribution in [2.45, 2.75) is 6.42 Å². The third-order valence-electron chi connectivity index (χ3n) is 5.09. The van der Waals surface area contributed by atoms with E-state index >= 15 is 0 Å². The van der Waals surface area contributed by atoms with E-state index in [1.807, 2.05) is 0 Å². The highest BCUT2D eigenvalue weighted by atomic mass is 16.5. The maximum Gasteiger partial charge on any atom is 0.355 e. The number of ketones is 1. The molecule has 2 aromatic carbocycles. The van der Waals surface area contributed by atoms with E-state index in [0.717, 1.165) is 0 Å². The summed E-state index contributed by atoms with van der Waals surface area (Å²) < 4.78 is 9.63. The van der Waals surface area contributed by atoms with Crippen LogP contribution in [0.5, 0.6) is 0 Å². The van der Waals surface area contributed by atoms with Crippen molar-refractivity contribution in [2.24, 2.45) is 0 Å². The number of benzene rings is 2. The van der Waals surface area contributed by atoms with Crippen LogP contribution in [0.15, 0.2) is 84.2 Å². The second kappa shape index (κ2) is 11.4. The van der Waals surface area contributed by atoms with Crippen molar-refractivity contribution < 1.29 is 38.6 Å². The molecule has 0 bridgehead atoms. The number of ether oxygens (including phenoxy) is 2. The fraction of sp³-hybridized carbons (Fsp3) is 0.115. The molecule has 0 fully saturated rings. The summed E-state index contributed by atoms with van der Waals surface area (Å²) >= 11 is 0. The third-order valence-corrected chi connectivity index (χ3v) is 5.09. The molecule has 1 aliphatic rings. The predicted molar refractivity (Wildman–Crippen MR) is 129 cm³/mol. The molecule has 2 aromatic rings. The van der Waals surface area contributed by atoms with Gasteiger partial charge in [0, 0.05) is 23.1 Å². The molecule has 0 spiro atoms. The molecule has 10 nitrogen and oxygen atoms in total. The number of anilines is 2. The standard InChI is InChI=1S/C26H22N2O8/c1-35-25(33)20-5-3-4-14-28(23(20)26(34)36-2)19-12-8-16(9-13-19)21(29)15-22(30)27-18-10-6-17(7-11-18)24(31)32/h3-14H,15H2,1-2H3,(H,27,30)(H,31,32). The Kier molecular flexibility index (Phi) is 8.14. The zero-order valence-electron chi connectivity index (χ0n) is 19.4. The number of nitrogens with one attached hydrogen (secondary N) is 1. The number of rotatable bonds is 8. The Morgan fingerprint density at radius 2 is 1.44 bits per heavy atom. The predicted octanol–water partition coefficient (Wildman–Crippen LogP) is 3.09. The quantitative estimate of drug-likeness (QED) is 0.325. The fourth-order valence-electron chi connectivity index (χ4n) is 3.32. The van der Waals surface area contributed by atoms with Crippen molar-refractivity contribution in [3.8, 4) is 0 Å². The highest BCUT2D eigenvalue weighted by Gasteiger charge is 2.27. The summed E-state index contributed by atoms with van der Waals surface area (Å²) in [6.07, 6.45) is 5.73. The van der Waals surface area contributed by atoms with E-state index in [1.54, 1.807) is 30.5 Å². The van der Waals surface area contributed by atoms with Crippen molar-refractivity contribution in [2.75, 3.05) is 24.4 Å². The number of allylic oxidation sites excluding steroid dienone is 2. The van der Waals surface area contributed by atoms with Gasteiger partial charge in [-0.2, -0.15) is 0 Å². The van der Waals surface area contributed by atoms with Crippen LogP contribution in [0.3, 0.4) is 0 Å². The van der Waals surface area contributed by atoms with Crippen molar-refractivity contribution in [3.05, 3.63) is 95.4 Å². The van der Waals surface area contributed by atoms with Gasteiger partial charge in [-0.05, 0) is 60.7 Å². The minimum atomic E-state index is -1.09. The molecule has 0 saturated heterocycles. The number of hydrogen-bond donors (Lipinski definition) is 2. The summed E-state index contributed by atoms with van der Waals surface area (Å²) in [6.45, 7) is 0. The van der Waals surface area contributed by atoms with E-state index in [2.05, 4.69) is 5.32 Å². The van der Waals surface area contributed by atoms with Crippen LogP contribution < -0.4 is 10.2 Å². The van der Waals surface area contributed by atoms with Crippen LogP contribution in [-0.4, -0.2) is 48.9 Å². The summed E-state index contributed by atoms with van der Waals surface area (Å²) in [5.74, 6) is -3.59. The van der Waals surface area contributed by atoms with Gasteiger partial charge in [0.1, 0.15) is 5.70 Å². The van der Waals surface area contributed by atoms with Crippen molar-refractivity contribution in [1.82, 2.24) is 0 Å². The molecule has 1 heterocycles. The largest absolute Gasteiger partial charge is 0.478 e. The Hall–Kier alpha value is -4.99. The lowest BCUT2D eigenvalue weighted by molar-refractivity contribution is -0.139. The molecule has 184 valence electrons. The second-order valence-electron chi connectivity index (χ2n) is 7.39. The van der Waals surface area contributed by atoms with Gasteiger partial charge in [-0.1, -0.05) is 6.08 Å². The lowest BCUT2D eigenvalue weighted by atomic mass is 10.1. The number of nitrogens with zero attached hydrogens (tertiary/aromatic N) is 1. The Morgan fingerprint density at radius 1 is 0.833 bits per heavy atom. The number of carbonyl (C=O) groups excluding carboxylic acids is 4. The molecule has 0 radical (unpaired) electrons. The van der Waals surface area contributed by atoms with Crippen LogP contribution in [0.4, 0.5) is 11.4 Å². The molecule has 10 heteroatoms. The number of Topliss-reactive ketones (excluding diaryl/α,β-unsaturated/α-hetero) is 1. The fourth-order valence-corrected chi connectivity index (χ4v) is 3.32. The third kappa shape index (κ3) is 5.92. The smallest absolute Gasteiger partial charge is 0.355 e. The summed E-state index contributed by atoms with van der Waals surface area (Å²) in [4.78, 5) is 62.0. The number of hydrogen-bond acceptors (Lipinski definition) is 8. The molecular formula is C26H22N2O8. The number of amides is 1. The van der Waals surface area contributed by atoms with Crippen LogP contribution in [0.2, 0.25) is 0 Å². The number of carboxylic acids is 1. The average molecular weight is 490 g/mol. The molecule has 0 saturated carbocycles. The lowest BCUT2D eigenvalue weighted by Gasteiger charge is -2.23. The number of esters is 2. The maximum atomic E-state index is 12.6. The van der Waals surface area contributed by atoms with Gasteiger partial charge < -0.3 is 24.8 Å². The van der Waals surface area contributed by atoms with Crippen LogP contribution in [0, 0.1) is 0 Å². The first-order chi connectivity index (χ1) is 17.2. The topological polar surface area (TPSA) is 139 Å². The maximum absolute atomic E-state index is 12.6. The molecule has 3 rings (SSSR count). The van der Waals surface area contributed by atoms with Crippen LogP contribution in [-0.2, 0) is 23.9 Å². The Bertz CT molecular complexity index is 1290. The Labute approximate surface area is 206 Å². The summed E-state index contributed by atoms with van der Waals surface area (Å²) in [5, 5.41) is 11.5. The monoisotopic (exact) mass is 490 g/mol. The minimum absolute atomic E-state index is 0.0115. The highest BCUT2D eigenvalue weighted by Crippen LogP contribution is 2.27. The van der Waals surface area contributed by atoms with Gasteiger partial charge in [0.15, 0.2) is 5.78 Å². The number of carbonyl (C=O) groups is 5. The van der Waals surface area contributed by atoms with Gasteiger partial charge in [0.25, 0.3) is 0 Å². The van der Waals surface area contributed by atoms with Crippen molar-refractivity contribution >= 4 is 41.0 Å². The Balaban J connectivity index is 1.76. The zero-order valence-corrected chi connectivity index (χ0v) is 19.4. The van der Waals surface area contributed by atoms with Crippen molar-refractivity contribution in [1.29, 1.82) is 0 Å². The zero-order chi connectivity index (χ0) is 26.2. The van der Waals surface area contributed by atoms with Gasteiger partial charge in [-0.3, -0.25) is 9.59 Å². The van der Waals surface area contributed by atoms with E-state index < -0.39 is 36.0 Å². The molecule has 36 heavy (non-hydrogen) atoms. The first-order valence-electron chi connectivity index (χ1n) is 10.6. The molecule has 0 atom stereocenters. The van der Waals surface area contributed by atoms with Gasteiger partial charge in [-0.25, -0.2) is 14.4 Å². The van der Waals surface area contributed by atoms with Gasteiger partial charge in [0.05, 0.1) is 31.8 Å². The van der Waals surface area contributed by atoms with Gasteiger partial charge in [-0.15, -0.1) is 0 Å². The summed E-state index contributed by atoms with van der Waals surface area (Å²) in [7, 11) is 2.39. The van der Waals surface area contributed by atoms with E-state index in [0.29, 0.717) is 11.4 Å². The average Bonchev–Trinajstić information content (AvgIpc) is 3.11. The van der Waals surface area contributed by atoms with E-state index in [9.17, 15) is 24.0 Å². The van der Waals surface area contributed by atoms with Gasteiger partial charge in [0.2, 0.25) is 5.91 Å². The van der Waals surface area contributed by atoms with Crippen LogP contribution in [0.1, 0.15) is 27.1 Å².